The molecule has 1 atom stereocenters. The molecule has 0 fully saturated rings. The van der Waals surface area contributed by atoms with E-state index in [4.69, 9.17) is 0 Å². The maximum absolute atomic E-state index is 4.32. The normalized spacial score (nSPS) is 13.3. The highest BCUT2D eigenvalue weighted by molar-refractivity contribution is 4.85. The zero-order chi connectivity index (χ0) is 12.0. The van der Waals surface area contributed by atoms with Gasteiger partial charge in [-0.2, -0.15) is 5.10 Å². The van der Waals surface area contributed by atoms with E-state index >= 15 is 0 Å². The first-order valence-corrected chi connectivity index (χ1v) is 6.17. The molecule has 16 heavy (non-hydrogen) atoms. The first-order chi connectivity index (χ1) is 7.63. The highest BCUT2D eigenvalue weighted by Gasteiger charge is 2.06. The van der Waals surface area contributed by atoms with Crippen LogP contribution in [0.4, 0.5) is 0 Å². The third-order valence-corrected chi connectivity index (χ3v) is 2.76. The largest absolute Gasteiger partial charge is 0.317 e. The van der Waals surface area contributed by atoms with Crippen LogP contribution in [0.25, 0.3) is 0 Å². The van der Waals surface area contributed by atoms with Crippen molar-refractivity contribution in [2.75, 3.05) is 7.05 Å². The molecular formula is C12H24N4. The quantitative estimate of drug-likeness (QED) is 0.769. The Bertz CT molecular complexity index is 293. The summed E-state index contributed by atoms with van der Waals surface area (Å²) in [7, 11) is 2.01. The van der Waals surface area contributed by atoms with Gasteiger partial charge < -0.3 is 5.32 Å². The lowest BCUT2D eigenvalue weighted by Gasteiger charge is -2.10. The molecule has 0 spiro atoms. The fourth-order valence-electron chi connectivity index (χ4n) is 1.69. The van der Waals surface area contributed by atoms with Crippen molar-refractivity contribution in [3.8, 4) is 0 Å². The van der Waals surface area contributed by atoms with Crippen LogP contribution in [0.3, 0.4) is 0 Å². The summed E-state index contributed by atoms with van der Waals surface area (Å²) in [6.07, 6.45) is 5.04. The van der Waals surface area contributed by atoms with Crippen molar-refractivity contribution in [1.29, 1.82) is 0 Å². The van der Waals surface area contributed by atoms with Gasteiger partial charge in [-0.05, 0) is 32.7 Å². The van der Waals surface area contributed by atoms with E-state index in [2.05, 4.69) is 36.2 Å². The number of aryl methyl sites for hydroxylation is 1. The summed E-state index contributed by atoms with van der Waals surface area (Å²) in [4.78, 5) is 4.32. The van der Waals surface area contributed by atoms with Crippen molar-refractivity contribution in [2.45, 2.75) is 52.6 Å². The number of aromatic nitrogens is 3. The minimum atomic E-state index is 0.585. The molecule has 92 valence electrons. The van der Waals surface area contributed by atoms with Crippen molar-refractivity contribution in [3.63, 3.8) is 0 Å². The van der Waals surface area contributed by atoms with Gasteiger partial charge in [0.1, 0.15) is 12.2 Å². The third kappa shape index (κ3) is 4.31. The summed E-state index contributed by atoms with van der Waals surface area (Å²) in [6, 6.07) is 0.585. The Morgan fingerprint density at radius 1 is 1.38 bits per heavy atom. The molecular weight excluding hydrogens is 200 g/mol. The van der Waals surface area contributed by atoms with E-state index in [-0.39, 0.29) is 0 Å². The van der Waals surface area contributed by atoms with E-state index in [1.165, 1.54) is 12.8 Å². The topological polar surface area (TPSA) is 42.7 Å². The van der Waals surface area contributed by atoms with Crippen LogP contribution in [-0.2, 0) is 13.0 Å². The zero-order valence-electron chi connectivity index (χ0n) is 10.9. The van der Waals surface area contributed by atoms with E-state index in [0.717, 1.165) is 18.8 Å². The van der Waals surface area contributed by atoms with Gasteiger partial charge in [-0.1, -0.05) is 13.8 Å². The second-order valence-electron chi connectivity index (χ2n) is 4.83. The lowest BCUT2D eigenvalue weighted by Crippen LogP contribution is -2.21. The molecule has 4 heteroatoms. The molecule has 0 saturated carbocycles. The molecule has 0 aliphatic carbocycles. The molecule has 0 bridgehead atoms. The van der Waals surface area contributed by atoms with Crippen molar-refractivity contribution in [2.24, 2.45) is 5.92 Å². The molecule has 0 aromatic carbocycles. The number of rotatable bonds is 7. The molecule has 0 amide bonds. The zero-order valence-corrected chi connectivity index (χ0v) is 10.9. The van der Waals surface area contributed by atoms with E-state index in [1.54, 1.807) is 6.33 Å². The van der Waals surface area contributed by atoms with Crippen LogP contribution in [0.5, 0.6) is 0 Å². The van der Waals surface area contributed by atoms with Gasteiger partial charge in [-0.15, -0.1) is 0 Å². The Morgan fingerprint density at radius 3 is 2.75 bits per heavy atom. The van der Waals surface area contributed by atoms with Gasteiger partial charge in [-0.3, -0.25) is 0 Å². The Morgan fingerprint density at radius 2 is 2.12 bits per heavy atom. The number of hydrogen-bond donors (Lipinski definition) is 1. The predicted octanol–water partition coefficient (Wildman–Crippen LogP) is 1.86. The number of hydrogen-bond acceptors (Lipinski definition) is 3. The average Bonchev–Trinajstić information content (AvgIpc) is 2.64. The van der Waals surface area contributed by atoms with E-state index in [9.17, 15) is 0 Å². The number of nitrogens with one attached hydrogen (secondary N) is 1. The molecule has 0 saturated heterocycles. The van der Waals surface area contributed by atoms with Gasteiger partial charge in [0, 0.05) is 19.0 Å². The van der Waals surface area contributed by atoms with Crippen LogP contribution < -0.4 is 5.32 Å². The second-order valence-corrected chi connectivity index (χ2v) is 4.83. The van der Waals surface area contributed by atoms with E-state index in [0.29, 0.717) is 12.0 Å². The molecule has 0 aliphatic rings. The minimum absolute atomic E-state index is 0.585. The van der Waals surface area contributed by atoms with Gasteiger partial charge in [0.15, 0.2) is 0 Å². The molecule has 1 N–H and O–H groups in total. The summed E-state index contributed by atoms with van der Waals surface area (Å²) in [5.74, 6) is 1.74. The fourth-order valence-corrected chi connectivity index (χ4v) is 1.69. The molecule has 1 heterocycles. The summed E-state index contributed by atoms with van der Waals surface area (Å²) in [6.45, 7) is 7.58. The maximum Gasteiger partial charge on any atom is 0.138 e. The van der Waals surface area contributed by atoms with Crippen molar-refractivity contribution in [3.05, 3.63) is 12.2 Å². The fraction of sp³-hybridized carbons (Fsp3) is 0.833. The van der Waals surface area contributed by atoms with Crippen LogP contribution in [0.2, 0.25) is 0 Å². The first-order valence-electron chi connectivity index (χ1n) is 6.17. The van der Waals surface area contributed by atoms with E-state index in [1.807, 2.05) is 11.7 Å². The van der Waals surface area contributed by atoms with Crippen LogP contribution >= 0.6 is 0 Å². The number of nitrogens with zero attached hydrogens (tertiary/aromatic N) is 3. The smallest absolute Gasteiger partial charge is 0.138 e. The molecule has 0 radical (unpaired) electrons. The average molecular weight is 224 g/mol. The summed E-state index contributed by atoms with van der Waals surface area (Å²) in [5.41, 5.74) is 0. The van der Waals surface area contributed by atoms with Gasteiger partial charge >= 0.3 is 0 Å². The predicted molar refractivity (Wildman–Crippen MR) is 66.3 cm³/mol. The Hall–Kier alpha value is -0.900. The van der Waals surface area contributed by atoms with Crippen LogP contribution in [0.1, 0.15) is 39.4 Å². The van der Waals surface area contributed by atoms with Crippen molar-refractivity contribution in [1.82, 2.24) is 20.1 Å². The summed E-state index contributed by atoms with van der Waals surface area (Å²) < 4.78 is 2.04. The highest BCUT2D eigenvalue weighted by atomic mass is 15.3. The monoisotopic (exact) mass is 224 g/mol. The van der Waals surface area contributed by atoms with Crippen molar-refractivity contribution >= 4 is 0 Å². The van der Waals surface area contributed by atoms with Gasteiger partial charge in [-0.25, -0.2) is 9.67 Å². The third-order valence-electron chi connectivity index (χ3n) is 2.76. The SMILES string of the molecule is CNC(C)CCCc1ncnn1CC(C)C. The molecule has 1 aromatic rings. The first kappa shape index (κ1) is 13.2. The lowest BCUT2D eigenvalue weighted by molar-refractivity contribution is 0.457. The molecule has 0 aliphatic heterocycles. The molecule has 1 rings (SSSR count). The van der Waals surface area contributed by atoms with Crippen molar-refractivity contribution < 1.29 is 0 Å². The minimum Gasteiger partial charge on any atom is -0.317 e. The van der Waals surface area contributed by atoms with Crippen LogP contribution in [-0.4, -0.2) is 27.9 Å². The lowest BCUT2D eigenvalue weighted by atomic mass is 10.1. The second kappa shape index (κ2) is 6.63. The maximum atomic E-state index is 4.32. The highest BCUT2D eigenvalue weighted by Crippen LogP contribution is 2.06. The Balaban J connectivity index is 2.38. The standard InChI is InChI=1S/C12H24N4/c1-10(2)8-16-12(14-9-15-16)7-5-6-11(3)13-4/h9-11,13H,5-8H2,1-4H3. The molecule has 1 aromatic heterocycles. The van der Waals surface area contributed by atoms with Gasteiger partial charge in [0.25, 0.3) is 0 Å². The Kier molecular flexibility index (Phi) is 5.46. The van der Waals surface area contributed by atoms with Crippen LogP contribution in [0.15, 0.2) is 6.33 Å². The Labute approximate surface area is 98.5 Å². The van der Waals surface area contributed by atoms with Crippen LogP contribution in [0, 0.1) is 5.92 Å². The summed E-state index contributed by atoms with van der Waals surface area (Å²) in [5, 5.41) is 7.51. The molecule has 4 nitrogen and oxygen atoms in total. The van der Waals surface area contributed by atoms with Gasteiger partial charge in [0.2, 0.25) is 0 Å². The molecule has 1 unspecified atom stereocenters. The van der Waals surface area contributed by atoms with Gasteiger partial charge in [0.05, 0.1) is 0 Å². The van der Waals surface area contributed by atoms with E-state index < -0.39 is 0 Å². The summed E-state index contributed by atoms with van der Waals surface area (Å²) >= 11 is 0.